The molecule has 5 rings (SSSR count). The Morgan fingerprint density at radius 2 is 1.97 bits per heavy atom. The van der Waals surface area contributed by atoms with Crippen LogP contribution in [0.15, 0.2) is 64.5 Å². The standard InChI is InChI=1S/C24H23N5O4S/c1-15(7-8-16-5-3-2-4-6-16)25-22(31)13-34-24-27-23(26-20-12-21(30)28-29(20)24)17-9-10-18-19(11-17)33-14-32-18/h2-6,9-12,15H,7-8,13-14H2,1H3,(H,25,31)(H,28,30)/t15-/m0/s1. The molecule has 1 aliphatic rings. The molecule has 0 aliphatic carbocycles. The molecule has 4 aromatic rings. The maximum absolute atomic E-state index is 12.6. The van der Waals surface area contributed by atoms with Crippen LogP contribution in [0.25, 0.3) is 17.0 Å². The van der Waals surface area contributed by atoms with E-state index in [0.29, 0.717) is 28.1 Å². The van der Waals surface area contributed by atoms with E-state index < -0.39 is 0 Å². The summed E-state index contributed by atoms with van der Waals surface area (Å²) in [4.78, 5) is 33.6. The Morgan fingerprint density at radius 1 is 1.15 bits per heavy atom. The predicted octanol–water partition coefficient (Wildman–Crippen LogP) is 3.04. The van der Waals surface area contributed by atoms with Gasteiger partial charge in [0.2, 0.25) is 12.7 Å². The van der Waals surface area contributed by atoms with E-state index in [9.17, 15) is 9.59 Å². The van der Waals surface area contributed by atoms with Gasteiger partial charge >= 0.3 is 0 Å². The van der Waals surface area contributed by atoms with Gasteiger partial charge in [-0.05, 0) is 43.5 Å². The van der Waals surface area contributed by atoms with Gasteiger partial charge in [-0.1, -0.05) is 42.1 Å². The van der Waals surface area contributed by atoms with Crippen LogP contribution in [-0.4, -0.2) is 44.1 Å². The topological polar surface area (TPSA) is 111 Å². The van der Waals surface area contributed by atoms with Crippen LogP contribution in [0, 0.1) is 0 Å². The summed E-state index contributed by atoms with van der Waals surface area (Å²) in [5.74, 6) is 1.76. The zero-order valence-electron chi connectivity index (χ0n) is 18.5. The molecule has 34 heavy (non-hydrogen) atoms. The zero-order chi connectivity index (χ0) is 23.5. The molecule has 0 spiro atoms. The molecule has 0 radical (unpaired) electrons. The minimum Gasteiger partial charge on any atom is -0.454 e. The fraction of sp³-hybridized carbons (Fsp3) is 0.250. The van der Waals surface area contributed by atoms with Gasteiger partial charge in [0.25, 0.3) is 5.56 Å². The monoisotopic (exact) mass is 477 g/mol. The van der Waals surface area contributed by atoms with Crippen molar-refractivity contribution in [2.45, 2.75) is 31.0 Å². The second kappa shape index (κ2) is 9.60. The maximum atomic E-state index is 12.6. The van der Waals surface area contributed by atoms with Crippen LogP contribution in [0.4, 0.5) is 0 Å². The summed E-state index contributed by atoms with van der Waals surface area (Å²) >= 11 is 1.24. The van der Waals surface area contributed by atoms with Crippen molar-refractivity contribution in [1.29, 1.82) is 0 Å². The number of aryl methyl sites for hydroxylation is 1. The number of nitrogens with one attached hydrogen (secondary N) is 2. The fourth-order valence-electron chi connectivity index (χ4n) is 3.69. The third-order valence-corrected chi connectivity index (χ3v) is 6.34. The first-order valence-corrected chi connectivity index (χ1v) is 11.9. The average Bonchev–Trinajstić information content (AvgIpc) is 3.46. The van der Waals surface area contributed by atoms with Gasteiger partial charge in [0.15, 0.2) is 28.1 Å². The Kier molecular flexibility index (Phi) is 6.22. The van der Waals surface area contributed by atoms with Crippen molar-refractivity contribution in [3.05, 3.63) is 70.5 Å². The first-order valence-electron chi connectivity index (χ1n) is 10.9. The van der Waals surface area contributed by atoms with Gasteiger partial charge in [0.1, 0.15) is 0 Å². The van der Waals surface area contributed by atoms with E-state index in [-0.39, 0.29) is 30.1 Å². The zero-order valence-corrected chi connectivity index (χ0v) is 19.3. The predicted molar refractivity (Wildman–Crippen MR) is 128 cm³/mol. The van der Waals surface area contributed by atoms with Crippen molar-refractivity contribution in [3.8, 4) is 22.9 Å². The van der Waals surface area contributed by atoms with Gasteiger partial charge in [-0.25, -0.2) is 14.5 Å². The molecule has 0 fully saturated rings. The second-order valence-electron chi connectivity index (χ2n) is 7.99. The van der Waals surface area contributed by atoms with E-state index >= 15 is 0 Å². The Morgan fingerprint density at radius 3 is 2.82 bits per heavy atom. The Bertz CT molecular complexity index is 1390. The lowest BCUT2D eigenvalue weighted by molar-refractivity contribution is -0.119. The fourth-order valence-corrected chi connectivity index (χ4v) is 4.45. The van der Waals surface area contributed by atoms with Gasteiger partial charge < -0.3 is 14.8 Å². The highest BCUT2D eigenvalue weighted by molar-refractivity contribution is 7.99. The first kappa shape index (κ1) is 22.0. The molecule has 1 amide bonds. The summed E-state index contributed by atoms with van der Waals surface area (Å²) in [5.41, 5.74) is 2.10. The highest BCUT2D eigenvalue weighted by atomic mass is 32.2. The van der Waals surface area contributed by atoms with E-state index in [0.717, 1.165) is 18.4 Å². The van der Waals surface area contributed by atoms with Crippen molar-refractivity contribution < 1.29 is 14.3 Å². The molecule has 9 nitrogen and oxygen atoms in total. The molecule has 1 aliphatic heterocycles. The minimum absolute atomic E-state index is 0.0364. The summed E-state index contributed by atoms with van der Waals surface area (Å²) in [7, 11) is 0. The number of benzene rings is 2. The summed E-state index contributed by atoms with van der Waals surface area (Å²) < 4.78 is 12.3. The van der Waals surface area contributed by atoms with Crippen LogP contribution in [0.1, 0.15) is 18.9 Å². The maximum Gasteiger partial charge on any atom is 0.266 e. The number of aromatic amines is 1. The second-order valence-corrected chi connectivity index (χ2v) is 8.94. The third kappa shape index (κ3) is 4.91. The molecule has 0 saturated heterocycles. The number of carbonyl (C=O) groups is 1. The molecule has 174 valence electrons. The SMILES string of the molecule is C[C@@H](CCc1ccccc1)NC(=O)CSc1nc(-c2ccc3c(c2)OCO3)nc2cc(=O)[nH]n12. The molecule has 1 atom stereocenters. The van der Waals surface area contributed by atoms with Crippen LogP contribution < -0.4 is 20.3 Å². The highest BCUT2D eigenvalue weighted by Gasteiger charge is 2.18. The van der Waals surface area contributed by atoms with Gasteiger partial charge in [0, 0.05) is 17.7 Å². The normalized spacial score (nSPS) is 13.2. The van der Waals surface area contributed by atoms with E-state index in [2.05, 4.69) is 32.5 Å². The van der Waals surface area contributed by atoms with Crippen LogP contribution in [0.5, 0.6) is 11.5 Å². The summed E-state index contributed by atoms with van der Waals surface area (Å²) in [6, 6.07) is 17.1. The molecule has 2 aromatic heterocycles. The molecular weight excluding hydrogens is 454 g/mol. The number of amides is 1. The summed E-state index contributed by atoms with van der Waals surface area (Å²) in [5, 5.41) is 6.19. The number of hydrogen-bond donors (Lipinski definition) is 2. The summed E-state index contributed by atoms with van der Waals surface area (Å²) in [6.45, 7) is 2.17. The average molecular weight is 478 g/mol. The van der Waals surface area contributed by atoms with E-state index in [1.807, 2.05) is 31.2 Å². The van der Waals surface area contributed by atoms with E-state index in [1.165, 1.54) is 27.9 Å². The minimum atomic E-state index is -0.294. The van der Waals surface area contributed by atoms with Crippen LogP contribution >= 0.6 is 11.8 Å². The van der Waals surface area contributed by atoms with Crippen molar-refractivity contribution in [2.24, 2.45) is 0 Å². The number of hydrogen-bond acceptors (Lipinski definition) is 7. The number of rotatable bonds is 8. The quantitative estimate of drug-likeness (QED) is 0.375. The van der Waals surface area contributed by atoms with Gasteiger partial charge in [-0.3, -0.25) is 14.7 Å². The van der Waals surface area contributed by atoms with Crippen LogP contribution in [0.3, 0.4) is 0 Å². The smallest absolute Gasteiger partial charge is 0.266 e. The molecule has 2 aromatic carbocycles. The van der Waals surface area contributed by atoms with Crippen molar-refractivity contribution in [1.82, 2.24) is 24.9 Å². The van der Waals surface area contributed by atoms with Crippen molar-refractivity contribution >= 4 is 23.3 Å². The summed E-state index contributed by atoms with van der Waals surface area (Å²) in [6.07, 6.45) is 1.74. The van der Waals surface area contributed by atoms with Crippen LogP contribution in [0.2, 0.25) is 0 Å². The van der Waals surface area contributed by atoms with Gasteiger partial charge in [-0.15, -0.1) is 0 Å². The molecular formula is C24H23N5O4S. The molecule has 10 heteroatoms. The van der Waals surface area contributed by atoms with Crippen molar-refractivity contribution in [3.63, 3.8) is 0 Å². The van der Waals surface area contributed by atoms with Crippen molar-refractivity contribution in [2.75, 3.05) is 12.5 Å². The molecule has 2 N–H and O–H groups in total. The molecule has 0 saturated carbocycles. The van der Waals surface area contributed by atoms with Gasteiger partial charge in [0.05, 0.1) is 5.75 Å². The number of carbonyl (C=O) groups excluding carboxylic acids is 1. The lowest BCUT2D eigenvalue weighted by Gasteiger charge is -2.14. The van der Waals surface area contributed by atoms with Gasteiger partial charge in [-0.2, -0.15) is 0 Å². The number of aromatic nitrogens is 4. The Labute approximate surface area is 199 Å². The Balaban J connectivity index is 1.28. The third-order valence-electron chi connectivity index (χ3n) is 5.40. The first-order chi connectivity index (χ1) is 16.5. The molecule has 0 bridgehead atoms. The largest absolute Gasteiger partial charge is 0.454 e. The number of thioether (sulfide) groups is 1. The van der Waals surface area contributed by atoms with Crippen LogP contribution in [-0.2, 0) is 11.2 Å². The number of H-pyrrole nitrogens is 1. The Hall–Kier alpha value is -3.79. The number of nitrogens with zero attached hydrogens (tertiary/aromatic N) is 3. The van der Waals surface area contributed by atoms with E-state index in [1.54, 1.807) is 12.1 Å². The molecule has 3 heterocycles. The lowest BCUT2D eigenvalue weighted by Crippen LogP contribution is -2.34. The number of ether oxygens (including phenoxy) is 2. The lowest BCUT2D eigenvalue weighted by atomic mass is 10.1. The highest BCUT2D eigenvalue weighted by Crippen LogP contribution is 2.35. The van der Waals surface area contributed by atoms with E-state index in [4.69, 9.17) is 9.47 Å². The number of fused-ring (bicyclic) bond motifs is 2. The molecule has 0 unspecified atom stereocenters.